The van der Waals surface area contributed by atoms with Crippen molar-refractivity contribution in [1.82, 2.24) is 9.88 Å². The van der Waals surface area contributed by atoms with Crippen LogP contribution in [-0.4, -0.2) is 47.1 Å². The maximum atomic E-state index is 12.3. The molecule has 2 N–H and O–H groups in total. The van der Waals surface area contributed by atoms with Crippen LogP contribution in [0.15, 0.2) is 18.5 Å². The third kappa shape index (κ3) is 2.55. The predicted octanol–water partition coefficient (Wildman–Crippen LogP) is 0.720. The van der Waals surface area contributed by atoms with E-state index in [4.69, 9.17) is 0 Å². The summed E-state index contributed by atoms with van der Waals surface area (Å²) in [7, 11) is 1.76. The summed E-state index contributed by atoms with van der Waals surface area (Å²) >= 11 is 0. The molecule has 2 heterocycles. The fourth-order valence-corrected chi connectivity index (χ4v) is 2.09. The molecule has 1 aliphatic heterocycles. The van der Waals surface area contributed by atoms with Gasteiger partial charge in [-0.1, -0.05) is 0 Å². The van der Waals surface area contributed by atoms with Crippen LogP contribution in [0.5, 0.6) is 0 Å². The van der Waals surface area contributed by atoms with Gasteiger partial charge in [-0.25, -0.2) is 0 Å². The number of β-amino-alcohol motifs (C(OH)–C–C–N with tert-alkyl or cyclic N) is 1. The molecule has 0 spiro atoms. The third-order valence-electron chi connectivity index (χ3n) is 3.00. The first-order valence-corrected chi connectivity index (χ1v) is 5.81. The fraction of sp³-hybridized carbons (Fsp3) is 0.500. The van der Waals surface area contributed by atoms with E-state index in [1.807, 2.05) is 0 Å². The number of likely N-dealkylation sites (tertiary alicyclic amines) is 1. The van der Waals surface area contributed by atoms with Crippen LogP contribution >= 0.6 is 0 Å². The summed E-state index contributed by atoms with van der Waals surface area (Å²) in [4.78, 5) is 17.9. The second-order valence-electron chi connectivity index (χ2n) is 4.22. The zero-order valence-corrected chi connectivity index (χ0v) is 9.89. The molecular formula is C12H17N3O2. The van der Waals surface area contributed by atoms with Gasteiger partial charge in [-0.3, -0.25) is 9.78 Å². The molecule has 1 aliphatic rings. The number of pyridine rings is 1. The van der Waals surface area contributed by atoms with Gasteiger partial charge in [0.25, 0.3) is 5.91 Å². The van der Waals surface area contributed by atoms with Crippen molar-refractivity contribution < 1.29 is 9.90 Å². The van der Waals surface area contributed by atoms with E-state index in [1.54, 1.807) is 30.4 Å². The number of aliphatic hydroxyl groups excluding tert-OH is 1. The van der Waals surface area contributed by atoms with Gasteiger partial charge in [-0.05, 0) is 18.9 Å². The van der Waals surface area contributed by atoms with E-state index in [-0.39, 0.29) is 5.91 Å². The number of anilines is 1. The summed E-state index contributed by atoms with van der Waals surface area (Å²) in [5.41, 5.74) is 1.33. The lowest BCUT2D eigenvalue weighted by atomic mass is 10.1. The molecule has 5 nitrogen and oxygen atoms in total. The lowest BCUT2D eigenvalue weighted by molar-refractivity contribution is 0.0474. The molecule has 0 radical (unpaired) electrons. The van der Waals surface area contributed by atoms with Gasteiger partial charge in [0, 0.05) is 26.3 Å². The van der Waals surface area contributed by atoms with Gasteiger partial charge in [0.1, 0.15) is 0 Å². The first-order chi connectivity index (χ1) is 8.22. The number of nitrogens with zero attached hydrogens (tertiary/aromatic N) is 2. The molecule has 0 bridgehead atoms. The SMILES string of the molecule is CNc1cnccc1C(=O)N1CCCC(O)C1. The lowest BCUT2D eigenvalue weighted by Gasteiger charge is -2.30. The second-order valence-corrected chi connectivity index (χ2v) is 4.22. The maximum absolute atomic E-state index is 12.3. The summed E-state index contributed by atoms with van der Waals surface area (Å²) in [6.07, 6.45) is 4.47. The zero-order chi connectivity index (χ0) is 12.3. The van der Waals surface area contributed by atoms with E-state index in [2.05, 4.69) is 10.3 Å². The Morgan fingerprint density at radius 1 is 1.65 bits per heavy atom. The van der Waals surface area contributed by atoms with Crippen molar-refractivity contribution in [2.75, 3.05) is 25.5 Å². The van der Waals surface area contributed by atoms with Crippen molar-refractivity contribution in [1.29, 1.82) is 0 Å². The van der Waals surface area contributed by atoms with Crippen molar-refractivity contribution in [3.63, 3.8) is 0 Å². The quantitative estimate of drug-likeness (QED) is 0.792. The minimum Gasteiger partial charge on any atom is -0.391 e. The Morgan fingerprint density at radius 3 is 3.18 bits per heavy atom. The molecule has 92 valence electrons. The molecule has 1 fully saturated rings. The Balaban J connectivity index is 2.18. The van der Waals surface area contributed by atoms with Gasteiger partial charge in [-0.2, -0.15) is 0 Å². The van der Waals surface area contributed by atoms with Gasteiger partial charge in [0.05, 0.1) is 23.6 Å². The van der Waals surface area contributed by atoms with Crippen LogP contribution in [0.25, 0.3) is 0 Å². The lowest BCUT2D eigenvalue weighted by Crippen LogP contribution is -2.42. The number of hydrogen-bond donors (Lipinski definition) is 2. The van der Waals surface area contributed by atoms with Gasteiger partial charge in [-0.15, -0.1) is 0 Å². The number of carbonyl (C=O) groups excluding carboxylic acids is 1. The first-order valence-electron chi connectivity index (χ1n) is 5.81. The number of piperidine rings is 1. The van der Waals surface area contributed by atoms with Crippen LogP contribution in [0.1, 0.15) is 23.2 Å². The number of carbonyl (C=O) groups is 1. The third-order valence-corrected chi connectivity index (χ3v) is 3.00. The molecular weight excluding hydrogens is 218 g/mol. The van der Waals surface area contributed by atoms with E-state index in [9.17, 15) is 9.90 Å². The number of hydrogen-bond acceptors (Lipinski definition) is 4. The molecule has 0 aliphatic carbocycles. The highest BCUT2D eigenvalue weighted by atomic mass is 16.3. The van der Waals surface area contributed by atoms with Crippen molar-refractivity contribution >= 4 is 11.6 Å². The summed E-state index contributed by atoms with van der Waals surface area (Å²) in [6, 6.07) is 1.70. The van der Waals surface area contributed by atoms with Gasteiger partial charge in [0.2, 0.25) is 0 Å². The van der Waals surface area contributed by atoms with Crippen LogP contribution in [0.4, 0.5) is 5.69 Å². The largest absolute Gasteiger partial charge is 0.391 e. The van der Waals surface area contributed by atoms with Crippen molar-refractivity contribution in [3.05, 3.63) is 24.0 Å². The zero-order valence-electron chi connectivity index (χ0n) is 9.89. The van der Waals surface area contributed by atoms with Crippen LogP contribution in [0.2, 0.25) is 0 Å². The van der Waals surface area contributed by atoms with Crippen LogP contribution < -0.4 is 5.32 Å². The number of aromatic nitrogens is 1. The molecule has 1 atom stereocenters. The number of amides is 1. The Hall–Kier alpha value is -1.62. The smallest absolute Gasteiger partial charge is 0.256 e. The molecule has 0 aromatic carbocycles. The highest BCUT2D eigenvalue weighted by Crippen LogP contribution is 2.18. The van der Waals surface area contributed by atoms with Gasteiger partial charge >= 0.3 is 0 Å². The van der Waals surface area contributed by atoms with E-state index in [0.29, 0.717) is 18.7 Å². The van der Waals surface area contributed by atoms with E-state index >= 15 is 0 Å². The summed E-state index contributed by atoms with van der Waals surface area (Å²) in [5.74, 6) is -0.0458. The first kappa shape index (κ1) is 11.9. The Labute approximate surface area is 100 Å². The summed E-state index contributed by atoms with van der Waals surface area (Å²) in [5, 5.41) is 12.5. The summed E-state index contributed by atoms with van der Waals surface area (Å²) < 4.78 is 0. The Morgan fingerprint density at radius 2 is 2.47 bits per heavy atom. The highest BCUT2D eigenvalue weighted by molar-refractivity contribution is 5.99. The van der Waals surface area contributed by atoms with E-state index < -0.39 is 6.10 Å². The average molecular weight is 235 g/mol. The Bertz CT molecular complexity index is 408. The molecule has 1 amide bonds. The molecule has 1 aromatic rings. The van der Waals surface area contributed by atoms with E-state index in [1.165, 1.54) is 0 Å². The van der Waals surface area contributed by atoms with Crippen LogP contribution in [0.3, 0.4) is 0 Å². The normalized spacial score (nSPS) is 20.1. The predicted molar refractivity (Wildman–Crippen MR) is 64.9 cm³/mol. The second kappa shape index (κ2) is 5.14. The van der Waals surface area contributed by atoms with Crippen molar-refractivity contribution in [2.24, 2.45) is 0 Å². The standard InChI is InChI=1S/C12H17N3O2/c1-13-11-7-14-5-4-10(11)12(17)15-6-2-3-9(16)8-15/h4-5,7,9,13,16H,2-3,6,8H2,1H3. The topological polar surface area (TPSA) is 65.5 Å². The average Bonchev–Trinajstić information content (AvgIpc) is 2.38. The molecule has 2 rings (SSSR count). The van der Waals surface area contributed by atoms with Gasteiger partial charge in [0.15, 0.2) is 0 Å². The number of rotatable bonds is 2. The molecule has 1 saturated heterocycles. The number of nitrogens with one attached hydrogen (secondary N) is 1. The number of aliphatic hydroxyl groups is 1. The van der Waals surface area contributed by atoms with Gasteiger partial charge < -0.3 is 15.3 Å². The van der Waals surface area contributed by atoms with Crippen LogP contribution in [-0.2, 0) is 0 Å². The molecule has 1 unspecified atom stereocenters. The highest BCUT2D eigenvalue weighted by Gasteiger charge is 2.24. The van der Waals surface area contributed by atoms with E-state index in [0.717, 1.165) is 18.5 Å². The monoisotopic (exact) mass is 235 g/mol. The molecule has 0 saturated carbocycles. The van der Waals surface area contributed by atoms with Crippen molar-refractivity contribution in [2.45, 2.75) is 18.9 Å². The molecule has 17 heavy (non-hydrogen) atoms. The Kier molecular flexibility index (Phi) is 3.58. The van der Waals surface area contributed by atoms with Crippen LogP contribution in [0, 0.1) is 0 Å². The fourth-order valence-electron chi connectivity index (χ4n) is 2.09. The summed E-state index contributed by atoms with van der Waals surface area (Å²) in [6.45, 7) is 1.13. The molecule has 1 aromatic heterocycles. The minimum atomic E-state index is -0.396. The molecule has 5 heteroatoms. The minimum absolute atomic E-state index is 0.0458. The maximum Gasteiger partial charge on any atom is 0.256 e. The van der Waals surface area contributed by atoms with Crippen molar-refractivity contribution in [3.8, 4) is 0 Å².